The summed E-state index contributed by atoms with van der Waals surface area (Å²) >= 11 is 6.31. The van der Waals surface area contributed by atoms with Gasteiger partial charge in [-0.05, 0) is 31.2 Å². The molecule has 0 aromatic carbocycles. The summed E-state index contributed by atoms with van der Waals surface area (Å²) in [5.41, 5.74) is 1.15. The molecule has 1 aromatic rings. The first-order valence-corrected chi connectivity index (χ1v) is 7.42. The quantitative estimate of drug-likeness (QED) is 0.906. The highest BCUT2D eigenvalue weighted by molar-refractivity contribution is 6.31. The van der Waals surface area contributed by atoms with Gasteiger partial charge in [0.1, 0.15) is 0 Å². The minimum Gasteiger partial charge on any atom is -0.309 e. The third-order valence-electron chi connectivity index (χ3n) is 4.10. The van der Waals surface area contributed by atoms with Crippen LogP contribution in [0.15, 0.2) is 6.20 Å². The summed E-state index contributed by atoms with van der Waals surface area (Å²) in [5, 5.41) is 8.68. The normalized spacial score (nSPS) is 26.2. The van der Waals surface area contributed by atoms with Gasteiger partial charge in [-0.25, -0.2) is 0 Å². The third-order valence-corrected chi connectivity index (χ3v) is 4.40. The monoisotopic (exact) mass is 269 g/mol. The van der Waals surface area contributed by atoms with E-state index in [1.54, 1.807) is 6.20 Å². The molecule has 0 amide bonds. The van der Waals surface area contributed by atoms with Crippen molar-refractivity contribution in [2.24, 2.45) is 18.9 Å². The molecule has 1 fully saturated rings. The van der Waals surface area contributed by atoms with Crippen LogP contribution in [0.2, 0.25) is 5.02 Å². The van der Waals surface area contributed by atoms with Gasteiger partial charge in [0.2, 0.25) is 0 Å². The predicted molar refractivity (Wildman–Crippen MR) is 75.8 cm³/mol. The van der Waals surface area contributed by atoms with Crippen LogP contribution in [0.1, 0.15) is 51.3 Å². The molecule has 3 atom stereocenters. The number of hydrogen-bond donors (Lipinski definition) is 1. The van der Waals surface area contributed by atoms with Crippen molar-refractivity contribution < 1.29 is 0 Å². The highest BCUT2D eigenvalue weighted by Gasteiger charge is 2.30. The van der Waals surface area contributed by atoms with Gasteiger partial charge >= 0.3 is 0 Å². The smallest absolute Gasteiger partial charge is 0.0834 e. The number of rotatable bonds is 4. The van der Waals surface area contributed by atoms with E-state index in [1.165, 1.54) is 25.7 Å². The van der Waals surface area contributed by atoms with Gasteiger partial charge in [-0.1, -0.05) is 38.3 Å². The molecule has 1 aromatic heterocycles. The fourth-order valence-electron chi connectivity index (χ4n) is 3.26. The van der Waals surface area contributed by atoms with Crippen LogP contribution in [0.5, 0.6) is 0 Å². The highest BCUT2D eigenvalue weighted by Crippen LogP contribution is 2.38. The minimum atomic E-state index is 0.345. The first-order valence-electron chi connectivity index (χ1n) is 7.04. The number of aromatic nitrogens is 2. The van der Waals surface area contributed by atoms with E-state index in [9.17, 15) is 0 Å². The third kappa shape index (κ3) is 2.89. The maximum Gasteiger partial charge on any atom is 0.0834 e. The van der Waals surface area contributed by atoms with Crippen molar-refractivity contribution in [3.05, 3.63) is 16.9 Å². The number of nitrogens with zero attached hydrogens (tertiary/aromatic N) is 2. The molecule has 18 heavy (non-hydrogen) atoms. The molecule has 3 unspecified atom stereocenters. The van der Waals surface area contributed by atoms with E-state index in [0.717, 1.165) is 23.2 Å². The van der Waals surface area contributed by atoms with E-state index in [0.29, 0.717) is 12.0 Å². The highest BCUT2D eigenvalue weighted by atomic mass is 35.5. The van der Waals surface area contributed by atoms with E-state index in [4.69, 9.17) is 11.6 Å². The lowest BCUT2D eigenvalue weighted by Gasteiger charge is -2.34. The SMILES string of the molecule is CCNC(c1c(Cl)cnn1C)C1CCCC(C)C1. The van der Waals surface area contributed by atoms with Crippen LogP contribution in [0.3, 0.4) is 0 Å². The molecule has 0 radical (unpaired) electrons. The Morgan fingerprint density at radius 2 is 2.33 bits per heavy atom. The maximum absolute atomic E-state index is 6.31. The molecule has 1 N–H and O–H groups in total. The van der Waals surface area contributed by atoms with Crippen LogP contribution in [0.25, 0.3) is 0 Å². The van der Waals surface area contributed by atoms with Gasteiger partial charge in [-0.15, -0.1) is 0 Å². The molecule has 0 bridgehead atoms. The summed E-state index contributed by atoms with van der Waals surface area (Å²) in [6, 6.07) is 0.345. The fourth-order valence-corrected chi connectivity index (χ4v) is 3.54. The molecule has 1 aliphatic rings. The molecule has 4 heteroatoms. The first-order chi connectivity index (χ1) is 8.63. The summed E-state index contributed by atoms with van der Waals surface area (Å²) < 4.78 is 1.93. The topological polar surface area (TPSA) is 29.9 Å². The van der Waals surface area contributed by atoms with Crippen LogP contribution < -0.4 is 5.32 Å². The second kappa shape index (κ2) is 6.07. The standard InChI is InChI=1S/C14H24ClN3/c1-4-16-13(11-7-5-6-10(2)8-11)14-12(15)9-17-18(14)3/h9-11,13,16H,4-8H2,1-3H3. The van der Waals surface area contributed by atoms with Crippen molar-refractivity contribution in [2.45, 2.75) is 45.6 Å². The summed E-state index contributed by atoms with van der Waals surface area (Å²) in [4.78, 5) is 0. The molecule has 1 saturated carbocycles. The molecule has 0 aliphatic heterocycles. The predicted octanol–water partition coefficient (Wildman–Crippen LogP) is 3.55. The van der Waals surface area contributed by atoms with Crippen molar-refractivity contribution in [1.29, 1.82) is 0 Å². The van der Waals surface area contributed by atoms with Crippen LogP contribution in [-0.2, 0) is 7.05 Å². The molecular formula is C14H24ClN3. The van der Waals surface area contributed by atoms with Crippen LogP contribution >= 0.6 is 11.6 Å². The van der Waals surface area contributed by atoms with Gasteiger partial charge in [-0.3, -0.25) is 4.68 Å². The molecule has 2 rings (SSSR count). The second-order valence-corrected chi connectivity index (χ2v) is 5.98. The first kappa shape index (κ1) is 13.9. The molecule has 3 nitrogen and oxygen atoms in total. The lowest BCUT2D eigenvalue weighted by atomic mass is 9.77. The Balaban J connectivity index is 2.22. The molecule has 1 heterocycles. The van der Waals surface area contributed by atoms with E-state index in [-0.39, 0.29) is 0 Å². The Morgan fingerprint density at radius 3 is 2.89 bits per heavy atom. The second-order valence-electron chi connectivity index (χ2n) is 5.57. The molecule has 1 aliphatic carbocycles. The lowest BCUT2D eigenvalue weighted by Crippen LogP contribution is -2.32. The Labute approximate surface area is 115 Å². The van der Waals surface area contributed by atoms with Gasteiger partial charge in [0.15, 0.2) is 0 Å². The van der Waals surface area contributed by atoms with E-state index < -0.39 is 0 Å². The van der Waals surface area contributed by atoms with Gasteiger partial charge < -0.3 is 5.32 Å². The number of nitrogens with one attached hydrogen (secondary N) is 1. The van der Waals surface area contributed by atoms with Gasteiger partial charge in [0.25, 0.3) is 0 Å². The Morgan fingerprint density at radius 1 is 1.56 bits per heavy atom. The van der Waals surface area contributed by atoms with Crippen LogP contribution in [0.4, 0.5) is 0 Å². The maximum atomic E-state index is 6.31. The van der Waals surface area contributed by atoms with Crippen LogP contribution in [0, 0.1) is 11.8 Å². The zero-order valence-electron chi connectivity index (χ0n) is 11.6. The number of aryl methyl sites for hydroxylation is 1. The Hall–Kier alpha value is -0.540. The fraction of sp³-hybridized carbons (Fsp3) is 0.786. The van der Waals surface area contributed by atoms with Crippen molar-refractivity contribution in [3.8, 4) is 0 Å². The average molecular weight is 270 g/mol. The lowest BCUT2D eigenvalue weighted by molar-refractivity contribution is 0.219. The van der Waals surface area contributed by atoms with Crippen molar-refractivity contribution >= 4 is 11.6 Å². The largest absolute Gasteiger partial charge is 0.309 e. The van der Waals surface area contributed by atoms with Crippen molar-refractivity contribution in [2.75, 3.05) is 6.54 Å². The zero-order valence-corrected chi connectivity index (χ0v) is 12.4. The molecule has 0 spiro atoms. The zero-order chi connectivity index (χ0) is 13.1. The molecular weight excluding hydrogens is 246 g/mol. The summed E-state index contributed by atoms with van der Waals surface area (Å²) in [6.45, 7) is 5.49. The van der Waals surface area contributed by atoms with E-state index in [2.05, 4.69) is 24.3 Å². The summed E-state index contributed by atoms with van der Waals surface area (Å²) in [7, 11) is 1.98. The Kier molecular flexibility index (Phi) is 4.68. The summed E-state index contributed by atoms with van der Waals surface area (Å²) in [5.74, 6) is 1.51. The molecule has 0 saturated heterocycles. The van der Waals surface area contributed by atoms with Gasteiger partial charge in [0.05, 0.1) is 23.0 Å². The number of hydrogen-bond acceptors (Lipinski definition) is 2. The van der Waals surface area contributed by atoms with Crippen molar-refractivity contribution in [1.82, 2.24) is 15.1 Å². The number of halogens is 1. The molecule has 102 valence electrons. The van der Waals surface area contributed by atoms with E-state index >= 15 is 0 Å². The minimum absolute atomic E-state index is 0.345. The van der Waals surface area contributed by atoms with Crippen molar-refractivity contribution in [3.63, 3.8) is 0 Å². The van der Waals surface area contributed by atoms with Gasteiger partial charge in [-0.2, -0.15) is 5.10 Å². The Bertz CT molecular complexity index is 369. The average Bonchev–Trinajstić information content (AvgIpc) is 2.67. The van der Waals surface area contributed by atoms with E-state index in [1.807, 2.05) is 11.7 Å². The van der Waals surface area contributed by atoms with Crippen LogP contribution in [-0.4, -0.2) is 16.3 Å². The summed E-state index contributed by atoms with van der Waals surface area (Å²) in [6.07, 6.45) is 7.05. The van der Waals surface area contributed by atoms with Gasteiger partial charge in [0, 0.05) is 7.05 Å².